The molecule has 0 spiro atoms. The number of primary amides is 1. The Hall–Kier alpha value is -3.93. The van der Waals surface area contributed by atoms with Crippen LogP contribution < -0.4 is 10.5 Å². The van der Waals surface area contributed by atoms with Crippen molar-refractivity contribution in [3.8, 4) is 5.75 Å². The number of rotatable bonds is 4. The highest BCUT2D eigenvalue weighted by molar-refractivity contribution is 6.11. The number of ketones is 1. The second-order valence-corrected chi connectivity index (χ2v) is 7.29. The van der Waals surface area contributed by atoms with Gasteiger partial charge < -0.3 is 10.5 Å². The molecule has 30 heavy (non-hydrogen) atoms. The molecule has 6 heteroatoms. The van der Waals surface area contributed by atoms with Crippen molar-refractivity contribution in [2.24, 2.45) is 10.8 Å². The van der Waals surface area contributed by atoms with E-state index in [0.29, 0.717) is 34.6 Å². The molecule has 0 saturated heterocycles. The van der Waals surface area contributed by atoms with Crippen LogP contribution in [-0.4, -0.2) is 28.6 Å². The lowest BCUT2D eigenvalue weighted by atomic mass is 9.94. The number of nitrogens with zero attached hydrogens (tertiary/aromatic N) is 2. The van der Waals surface area contributed by atoms with Gasteiger partial charge in [-0.15, -0.1) is 0 Å². The predicted octanol–water partition coefficient (Wildman–Crippen LogP) is 3.54. The molecule has 1 amide bonds. The number of hydrogen-bond donors (Lipinski definition) is 1. The number of benzene rings is 3. The lowest BCUT2D eigenvalue weighted by Gasteiger charge is -2.37. The van der Waals surface area contributed by atoms with Crippen LogP contribution in [0.25, 0.3) is 0 Å². The number of amides is 1. The first-order chi connectivity index (χ1) is 14.6. The fourth-order valence-corrected chi connectivity index (χ4v) is 4.06. The van der Waals surface area contributed by atoms with Crippen LogP contribution in [0.3, 0.4) is 0 Å². The molecule has 2 unspecified atom stereocenters. The summed E-state index contributed by atoms with van der Waals surface area (Å²) in [7, 11) is 0. The van der Waals surface area contributed by atoms with Gasteiger partial charge in [-0.2, -0.15) is 5.10 Å². The van der Waals surface area contributed by atoms with Crippen molar-refractivity contribution in [2.45, 2.75) is 18.7 Å². The van der Waals surface area contributed by atoms with Gasteiger partial charge in [0.15, 0.2) is 0 Å². The summed E-state index contributed by atoms with van der Waals surface area (Å²) >= 11 is 0. The van der Waals surface area contributed by atoms with Crippen LogP contribution in [0.15, 0.2) is 84.0 Å². The number of fused-ring (bicyclic) bond motifs is 3. The van der Waals surface area contributed by atoms with Crippen LogP contribution in [0, 0.1) is 0 Å². The molecule has 0 aliphatic carbocycles. The fraction of sp³-hybridized carbons (Fsp3) is 0.125. The third-order valence-electron chi connectivity index (χ3n) is 5.49. The molecule has 2 atom stereocenters. The van der Waals surface area contributed by atoms with Gasteiger partial charge in [0.2, 0.25) is 11.7 Å². The Labute approximate surface area is 173 Å². The molecule has 3 aromatic rings. The van der Waals surface area contributed by atoms with Crippen molar-refractivity contribution >= 4 is 17.4 Å². The van der Waals surface area contributed by atoms with Crippen LogP contribution >= 0.6 is 0 Å². The smallest absolute Gasteiger partial charge is 0.251 e. The Morgan fingerprint density at radius 1 is 0.933 bits per heavy atom. The zero-order valence-electron chi connectivity index (χ0n) is 16.1. The van der Waals surface area contributed by atoms with E-state index in [9.17, 15) is 9.59 Å². The number of Topliss-reactive ketones (excluding diaryl/α,β-unsaturated/α-hetero) is 1. The number of hydrogen-bond acceptors (Lipinski definition) is 5. The zero-order valence-corrected chi connectivity index (χ0v) is 16.1. The molecule has 2 heterocycles. The SMILES string of the molecule is NC(=O)c1ccccc1C1=NN2C(C(=O)c3ccccc3)Oc3ccccc3C2C1. The van der Waals surface area contributed by atoms with E-state index in [0.717, 1.165) is 5.56 Å². The first-order valence-corrected chi connectivity index (χ1v) is 9.73. The van der Waals surface area contributed by atoms with E-state index in [1.54, 1.807) is 29.3 Å². The third kappa shape index (κ3) is 2.93. The topological polar surface area (TPSA) is 85.0 Å². The molecule has 0 bridgehead atoms. The van der Waals surface area contributed by atoms with Crippen LogP contribution in [0.5, 0.6) is 5.75 Å². The van der Waals surface area contributed by atoms with Gasteiger partial charge >= 0.3 is 0 Å². The molecular weight excluding hydrogens is 378 g/mol. The summed E-state index contributed by atoms with van der Waals surface area (Å²) in [5.41, 5.74) is 8.90. The number of nitrogens with two attached hydrogens (primary N) is 1. The number of carbonyl (C=O) groups is 2. The van der Waals surface area contributed by atoms with Gasteiger partial charge in [-0.3, -0.25) is 9.59 Å². The molecule has 5 rings (SSSR count). The zero-order chi connectivity index (χ0) is 20.7. The van der Waals surface area contributed by atoms with Gasteiger partial charge in [-0.1, -0.05) is 66.7 Å². The van der Waals surface area contributed by atoms with Crippen LogP contribution in [-0.2, 0) is 0 Å². The van der Waals surface area contributed by atoms with E-state index in [-0.39, 0.29) is 11.8 Å². The Morgan fingerprint density at radius 2 is 1.63 bits per heavy atom. The fourth-order valence-electron chi connectivity index (χ4n) is 4.06. The molecule has 0 radical (unpaired) electrons. The van der Waals surface area contributed by atoms with Gasteiger partial charge in [0.05, 0.1) is 11.8 Å². The van der Waals surface area contributed by atoms with Crippen molar-refractivity contribution in [3.05, 3.63) is 101 Å². The first-order valence-electron chi connectivity index (χ1n) is 9.73. The van der Waals surface area contributed by atoms with Crippen molar-refractivity contribution in [2.75, 3.05) is 0 Å². The molecule has 148 valence electrons. The van der Waals surface area contributed by atoms with Gasteiger partial charge in [-0.05, 0) is 12.1 Å². The quantitative estimate of drug-likeness (QED) is 0.683. The minimum atomic E-state index is -0.884. The lowest BCUT2D eigenvalue weighted by molar-refractivity contribution is -0.00455. The van der Waals surface area contributed by atoms with Crippen LogP contribution in [0.1, 0.15) is 44.3 Å². The number of carbonyl (C=O) groups excluding carboxylic acids is 2. The number of hydrazone groups is 1. The number of ether oxygens (including phenoxy) is 1. The maximum Gasteiger partial charge on any atom is 0.251 e. The Kier molecular flexibility index (Phi) is 4.32. The maximum absolute atomic E-state index is 13.3. The van der Waals surface area contributed by atoms with Crippen molar-refractivity contribution in [1.82, 2.24) is 5.01 Å². The molecule has 0 fully saturated rings. The molecule has 6 nitrogen and oxygen atoms in total. The highest BCUT2D eigenvalue weighted by Crippen LogP contribution is 2.43. The third-order valence-corrected chi connectivity index (χ3v) is 5.49. The minimum absolute atomic E-state index is 0.163. The summed E-state index contributed by atoms with van der Waals surface area (Å²) in [4.78, 5) is 25.2. The van der Waals surface area contributed by atoms with Gasteiger partial charge in [0, 0.05) is 28.7 Å². The maximum atomic E-state index is 13.3. The highest BCUT2D eigenvalue weighted by atomic mass is 16.5. The average molecular weight is 397 g/mol. The molecule has 0 saturated carbocycles. The molecule has 3 aromatic carbocycles. The summed E-state index contributed by atoms with van der Waals surface area (Å²) in [6, 6.07) is 23.7. The van der Waals surface area contributed by atoms with E-state index in [1.807, 2.05) is 54.6 Å². The summed E-state index contributed by atoms with van der Waals surface area (Å²) in [5.74, 6) is 0.00249. The number of para-hydroxylation sites is 1. The van der Waals surface area contributed by atoms with Gasteiger partial charge in [0.25, 0.3) is 6.23 Å². The normalized spacial score (nSPS) is 19.3. The summed E-state index contributed by atoms with van der Waals surface area (Å²) in [6.45, 7) is 0. The second kappa shape index (κ2) is 7.15. The van der Waals surface area contributed by atoms with Crippen LogP contribution in [0.4, 0.5) is 0 Å². The summed E-state index contributed by atoms with van der Waals surface area (Å²) < 4.78 is 6.10. The second-order valence-electron chi connectivity index (χ2n) is 7.29. The molecule has 2 aliphatic heterocycles. The lowest BCUT2D eigenvalue weighted by Crippen LogP contribution is -2.45. The van der Waals surface area contributed by atoms with Gasteiger partial charge in [-0.25, -0.2) is 5.01 Å². The van der Waals surface area contributed by atoms with E-state index >= 15 is 0 Å². The summed E-state index contributed by atoms with van der Waals surface area (Å²) in [6.07, 6.45) is -0.339. The molecule has 0 aromatic heterocycles. The average Bonchev–Trinajstić information content (AvgIpc) is 3.24. The van der Waals surface area contributed by atoms with Gasteiger partial charge in [0.1, 0.15) is 5.75 Å². The van der Waals surface area contributed by atoms with Crippen LogP contribution in [0.2, 0.25) is 0 Å². The van der Waals surface area contributed by atoms with Crippen molar-refractivity contribution < 1.29 is 14.3 Å². The standard InChI is InChI=1S/C24H19N3O3/c25-23(29)17-11-5-4-10-16(17)19-14-20-18-12-6-7-13-21(18)30-24(27(20)26-19)22(28)15-8-2-1-3-9-15/h1-13,20,24H,14H2,(H2,25,29). The molecule has 2 aliphatic rings. The Morgan fingerprint density at radius 3 is 2.43 bits per heavy atom. The highest BCUT2D eigenvalue weighted by Gasteiger charge is 2.43. The van der Waals surface area contributed by atoms with E-state index < -0.39 is 12.1 Å². The summed E-state index contributed by atoms with van der Waals surface area (Å²) in [5, 5.41) is 6.46. The molecule has 2 N–H and O–H groups in total. The predicted molar refractivity (Wildman–Crippen MR) is 112 cm³/mol. The van der Waals surface area contributed by atoms with E-state index in [2.05, 4.69) is 0 Å². The minimum Gasteiger partial charge on any atom is -0.461 e. The monoisotopic (exact) mass is 397 g/mol. The largest absolute Gasteiger partial charge is 0.461 e. The van der Waals surface area contributed by atoms with E-state index in [4.69, 9.17) is 15.6 Å². The van der Waals surface area contributed by atoms with Crippen molar-refractivity contribution in [3.63, 3.8) is 0 Å². The molecular formula is C24H19N3O3. The van der Waals surface area contributed by atoms with Crippen molar-refractivity contribution in [1.29, 1.82) is 0 Å². The Balaban J connectivity index is 1.60. The Bertz CT molecular complexity index is 1170. The first kappa shape index (κ1) is 18.1. The van der Waals surface area contributed by atoms with E-state index in [1.165, 1.54) is 0 Å².